The van der Waals surface area contributed by atoms with E-state index in [1.165, 1.54) is 25.7 Å². The van der Waals surface area contributed by atoms with Crippen LogP contribution in [-0.4, -0.2) is 29.8 Å². The molecule has 0 amide bonds. The average molecular weight is 350 g/mol. The van der Waals surface area contributed by atoms with E-state index < -0.39 is 0 Å². The molecule has 1 aromatic heterocycles. The van der Waals surface area contributed by atoms with Crippen molar-refractivity contribution < 1.29 is 14.6 Å². The van der Waals surface area contributed by atoms with Crippen molar-refractivity contribution in [2.75, 3.05) is 13.7 Å². The molecule has 142 valence electrons. The number of benzene rings is 1. The summed E-state index contributed by atoms with van der Waals surface area (Å²) in [6, 6.07) is 9.54. The minimum absolute atomic E-state index is 0.302. The minimum atomic E-state index is -0.302. The number of aromatic amines is 1. The maximum atomic E-state index is 11.4. The normalized spacial score (nSPS) is 10.4. The number of carbonyl (C=O) groups is 1. The zero-order valence-corrected chi connectivity index (χ0v) is 16.7. The third-order valence-corrected chi connectivity index (χ3v) is 4.19. The molecule has 2 rings (SSSR count). The van der Waals surface area contributed by atoms with Gasteiger partial charge in [-0.1, -0.05) is 65.2 Å². The first-order valence-corrected chi connectivity index (χ1v) is 9.13. The Kier molecular flexibility index (Phi) is 11.6. The van der Waals surface area contributed by atoms with E-state index in [9.17, 15) is 4.79 Å². The fraction of sp³-hybridized carbons (Fsp3) is 0.571. The van der Waals surface area contributed by atoms with Crippen LogP contribution in [0.25, 0.3) is 10.9 Å². The summed E-state index contributed by atoms with van der Waals surface area (Å²) in [5.41, 5.74) is 2.05. The molecule has 1 aromatic carbocycles. The van der Waals surface area contributed by atoms with E-state index >= 15 is 0 Å². The monoisotopic (exact) mass is 349 g/mol. The van der Waals surface area contributed by atoms with Gasteiger partial charge >= 0.3 is 5.97 Å². The zero-order chi connectivity index (χ0) is 19.3. The molecule has 0 radical (unpaired) electrons. The number of H-pyrrole nitrogens is 1. The van der Waals surface area contributed by atoms with Gasteiger partial charge in [0.25, 0.3) is 0 Å². The summed E-state index contributed by atoms with van der Waals surface area (Å²) < 4.78 is 4.89. The van der Waals surface area contributed by atoms with Gasteiger partial charge in [0.15, 0.2) is 0 Å². The van der Waals surface area contributed by atoms with Crippen molar-refractivity contribution in [2.45, 2.75) is 60.3 Å². The Morgan fingerprint density at radius 1 is 1.16 bits per heavy atom. The fourth-order valence-electron chi connectivity index (χ4n) is 2.22. The van der Waals surface area contributed by atoms with Crippen molar-refractivity contribution in [2.24, 2.45) is 5.41 Å². The van der Waals surface area contributed by atoms with Crippen LogP contribution >= 0.6 is 0 Å². The Labute approximate surface area is 152 Å². The second-order valence-electron chi connectivity index (χ2n) is 6.61. The SMILES string of the molecule is CCCCC(C)(C)CC.CCOC(=O)c1cc2ccccc2[nH]1.CO. The number of aliphatic hydroxyl groups excluding tert-OH is 1. The van der Waals surface area contributed by atoms with E-state index in [2.05, 4.69) is 32.7 Å². The van der Waals surface area contributed by atoms with E-state index in [1.54, 1.807) is 13.0 Å². The minimum Gasteiger partial charge on any atom is -0.461 e. The predicted molar refractivity (Wildman–Crippen MR) is 106 cm³/mol. The Bertz CT molecular complexity index is 569. The molecule has 0 aliphatic carbocycles. The van der Waals surface area contributed by atoms with Crippen LogP contribution in [0.2, 0.25) is 0 Å². The van der Waals surface area contributed by atoms with Crippen molar-refractivity contribution in [1.82, 2.24) is 4.98 Å². The van der Waals surface area contributed by atoms with Gasteiger partial charge in [0, 0.05) is 18.0 Å². The Hall–Kier alpha value is -1.81. The molecule has 4 nitrogen and oxygen atoms in total. The third-order valence-electron chi connectivity index (χ3n) is 4.19. The molecule has 1 heterocycles. The second-order valence-corrected chi connectivity index (χ2v) is 6.61. The molecular formula is C21H35NO3. The van der Waals surface area contributed by atoms with Crippen LogP contribution < -0.4 is 0 Å². The predicted octanol–water partition coefficient (Wildman–Crippen LogP) is 5.57. The van der Waals surface area contributed by atoms with Gasteiger partial charge in [-0.05, 0) is 30.9 Å². The summed E-state index contributed by atoms with van der Waals surface area (Å²) in [6.07, 6.45) is 5.43. The van der Waals surface area contributed by atoms with Gasteiger partial charge in [-0.15, -0.1) is 0 Å². The Morgan fingerprint density at radius 2 is 1.80 bits per heavy atom. The summed E-state index contributed by atoms with van der Waals surface area (Å²) in [7, 11) is 1.00. The number of unbranched alkanes of at least 4 members (excludes halogenated alkanes) is 1. The maximum absolute atomic E-state index is 11.4. The topological polar surface area (TPSA) is 62.3 Å². The molecule has 0 bridgehead atoms. The first kappa shape index (κ1) is 23.2. The highest BCUT2D eigenvalue weighted by atomic mass is 16.5. The number of esters is 1. The lowest BCUT2D eigenvalue weighted by molar-refractivity contribution is 0.0520. The highest BCUT2D eigenvalue weighted by molar-refractivity contribution is 5.94. The van der Waals surface area contributed by atoms with Gasteiger partial charge in [-0.3, -0.25) is 0 Å². The number of ether oxygens (including phenoxy) is 1. The molecule has 4 heteroatoms. The van der Waals surface area contributed by atoms with Crippen molar-refractivity contribution >= 4 is 16.9 Å². The zero-order valence-electron chi connectivity index (χ0n) is 16.7. The molecule has 0 atom stereocenters. The third kappa shape index (κ3) is 8.73. The van der Waals surface area contributed by atoms with E-state index in [4.69, 9.17) is 9.84 Å². The molecule has 2 aromatic rings. The molecule has 0 spiro atoms. The standard InChI is InChI=1S/C11H11NO2.C9H20.CH4O/c1-2-14-11(13)10-7-8-5-3-4-6-9(8)12-10;1-5-7-8-9(3,4)6-2;1-2/h3-7,12H,2H2,1H3;5-8H2,1-4H3;2H,1H3. The van der Waals surface area contributed by atoms with Crippen molar-refractivity contribution in [3.8, 4) is 0 Å². The van der Waals surface area contributed by atoms with E-state index in [-0.39, 0.29) is 5.97 Å². The summed E-state index contributed by atoms with van der Waals surface area (Å²) in [4.78, 5) is 14.4. The van der Waals surface area contributed by atoms with Crippen LogP contribution in [0.3, 0.4) is 0 Å². The quantitative estimate of drug-likeness (QED) is 0.671. The number of rotatable bonds is 6. The van der Waals surface area contributed by atoms with Crippen LogP contribution in [0, 0.1) is 5.41 Å². The van der Waals surface area contributed by atoms with Gasteiger partial charge in [-0.2, -0.15) is 0 Å². The lowest BCUT2D eigenvalue weighted by Gasteiger charge is -2.21. The lowest BCUT2D eigenvalue weighted by atomic mass is 9.85. The highest BCUT2D eigenvalue weighted by Gasteiger charge is 2.12. The highest BCUT2D eigenvalue weighted by Crippen LogP contribution is 2.26. The summed E-state index contributed by atoms with van der Waals surface area (Å²) in [6.45, 7) is 11.4. The number of para-hydroxylation sites is 1. The second kappa shape index (κ2) is 12.5. The first-order chi connectivity index (χ1) is 11.9. The van der Waals surface area contributed by atoms with Gasteiger partial charge in [0.2, 0.25) is 0 Å². The van der Waals surface area contributed by atoms with E-state index in [0.717, 1.165) is 18.0 Å². The largest absolute Gasteiger partial charge is 0.461 e. The molecule has 2 N–H and O–H groups in total. The van der Waals surface area contributed by atoms with Crippen molar-refractivity contribution in [3.63, 3.8) is 0 Å². The van der Waals surface area contributed by atoms with Crippen LogP contribution in [0.5, 0.6) is 0 Å². The molecule has 0 fully saturated rings. The number of aliphatic hydroxyl groups is 1. The van der Waals surface area contributed by atoms with Gasteiger partial charge in [-0.25, -0.2) is 4.79 Å². The van der Waals surface area contributed by atoms with Crippen LogP contribution in [-0.2, 0) is 4.74 Å². The number of nitrogens with one attached hydrogen (secondary N) is 1. The van der Waals surface area contributed by atoms with Crippen LogP contribution in [0.15, 0.2) is 30.3 Å². The van der Waals surface area contributed by atoms with Crippen LogP contribution in [0.4, 0.5) is 0 Å². The van der Waals surface area contributed by atoms with Gasteiger partial charge in [0.1, 0.15) is 5.69 Å². The summed E-state index contributed by atoms with van der Waals surface area (Å²) in [5, 5.41) is 8.02. The smallest absolute Gasteiger partial charge is 0.354 e. The Balaban J connectivity index is 0.000000458. The Morgan fingerprint density at radius 3 is 2.32 bits per heavy atom. The number of fused-ring (bicyclic) bond motifs is 1. The first-order valence-electron chi connectivity index (χ1n) is 9.13. The molecule has 0 saturated carbocycles. The lowest BCUT2D eigenvalue weighted by Crippen LogP contribution is -2.08. The van der Waals surface area contributed by atoms with Gasteiger partial charge < -0.3 is 14.8 Å². The summed E-state index contributed by atoms with van der Waals surface area (Å²) in [5.74, 6) is -0.302. The van der Waals surface area contributed by atoms with E-state index in [0.29, 0.717) is 17.7 Å². The molecule has 0 saturated heterocycles. The number of aromatic nitrogens is 1. The fourth-order valence-corrected chi connectivity index (χ4v) is 2.22. The molecular weight excluding hydrogens is 314 g/mol. The van der Waals surface area contributed by atoms with Crippen molar-refractivity contribution in [1.29, 1.82) is 0 Å². The average Bonchev–Trinajstić information content (AvgIpc) is 3.07. The van der Waals surface area contributed by atoms with Crippen molar-refractivity contribution in [3.05, 3.63) is 36.0 Å². The van der Waals surface area contributed by atoms with Gasteiger partial charge in [0.05, 0.1) is 6.61 Å². The number of hydrogen-bond donors (Lipinski definition) is 2. The van der Waals surface area contributed by atoms with E-state index in [1.807, 2.05) is 24.3 Å². The van der Waals surface area contributed by atoms with Crippen LogP contribution in [0.1, 0.15) is 70.8 Å². The maximum Gasteiger partial charge on any atom is 0.354 e. The number of hydrogen-bond acceptors (Lipinski definition) is 3. The molecule has 0 aliphatic rings. The summed E-state index contributed by atoms with van der Waals surface area (Å²) >= 11 is 0. The number of carbonyl (C=O) groups excluding carboxylic acids is 1. The molecule has 25 heavy (non-hydrogen) atoms. The molecule has 0 unspecified atom stereocenters. The molecule has 0 aliphatic heterocycles.